The highest BCUT2D eigenvalue weighted by Crippen LogP contribution is 2.26. The second-order valence-corrected chi connectivity index (χ2v) is 4.70. The summed E-state index contributed by atoms with van der Waals surface area (Å²) >= 11 is 6.13. The maximum Gasteiger partial charge on any atom is 0.242 e. The third-order valence-electron chi connectivity index (χ3n) is 2.99. The fraction of sp³-hybridized carbons (Fsp3) is 0.125. The molecule has 1 atom stereocenters. The minimum Gasteiger partial charge on any atom is -0.358 e. The van der Waals surface area contributed by atoms with E-state index in [0.717, 1.165) is 0 Å². The largest absolute Gasteiger partial charge is 0.358 e. The van der Waals surface area contributed by atoms with E-state index < -0.39 is 5.38 Å². The van der Waals surface area contributed by atoms with Crippen molar-refractivity contribution in [3.63, 3.8) is 0 Å². The Hall–Kier alpha value is -2.13. The van der Waals surface area contributed by atoms with Gasteiger partial charge in [-0.1, -0.05) is 54.6 Å². The quantitative estimate of drug-likeness (QED) is 0.694. The molecule has 0 fully saturated rings. The average molecular weight is 288 g/mol. The molecule has 0 aromatic heterocycles. The topological polar surface area (TPSA) is 46.2 Å². The van der Waals surface area contributed by atoms with Crippen molar-refractivity contribution >= 4 is 23.3 Å². The number of alkyl halides is 1. The molecule has 102 valence electrons. The summed E-state index contributed by atoms with van der Waals surface area (Å²) in [6, 6.07) is 15.8. The van der Waals surface area contributed by atoms with E-state index in [1.807, 2.05) is 6.07 Å². The van der Waals surface area contributed by atoms with E-state index in [1.54, 1.807) is 48.5 Å². The van der Waals surface area contributed by atoms with Crippen LogP contribution < -0.4 is 5.32 Å². The summed E-state index contributed by atoms with van der Waals surface area (Å²) in [6.45, 7) is 0. The number of rotatable bonds is 4. The molecule has 1 N–H and O–H groups in total. The van der Waals surface area contributed by atoms with Crippen LogP contribution in [0.5, 0.6) is 0 Å². The van der Waals surface area contributed by atoms with Gasteiger partial charge >= 0.3 is 0 Å². The minimum absolute atomic E-state index is 0.143. The van der Waals surface area contributed by atoms with Gasteiger partial charge in [-0.2, -0.15) is 0 Å². The number of likely N-dealkylation sites (N-methyl/N-ethyl adjacent to an activating group) is 1. The van der Waals surface area contributed by atoms with Gasteiger partial charge in [0.25, 0.3) is 0 Å². The predicted octanol–water partition coefficient (Wildman–Crippen LogP) is 2.94. The molecule has 0 aliphatic carbocycles. The lowest BCUT2D eigenvalue weighted by atomic mass is 9.96. The Kier molecular flexibility index (Phi) is 4.53. The first-order chi connectivity index (χ1) is 9.65. The number of carbonyl (C=O) groups excluding carboxylic acids is 2. The van der Waals surface area contributed by atoms with Gasteiger partial charge in [0.15, 0.2) is 5.78 Å². The van der Waals surface area contributed by atoms with E-state index >= 15 is 0 Å². The molecule has 0 heterocycles. The van der Waals surface area contributed by atoms with Crippen LogP contribution in [0, 0.1) is 0 Å². The summed E-state index contributed by atoms with van der Waals surface area (Å²) < 4.78 is 0. The van der Waals surface area contributed by atoms with Gasteiger partial charge < -0.3 is 5.32 Å². The molecule has 4 heteroatoms. The first-order valence-corrected chi connectivity index (χ1v) is 6.63. The molecule has 0 aliphatic heterocycles. The molecule has 20 heavy (non-hydrogen) atoms. The van der Waals surface area contributed by atoms with Crippen molar-refractivity contribution in [2.24, 2.45) is 0 Å². The van der Waals surface area contributed by atoms with Crippen molar-refractivity contribution in [3.05, 3.63) is 71.3 Å². The van der Waals surface area contributed by atoms with Gasteiger partial charge in [-0.25, -0.2) is 0 Å². The smallest absolute Gasteiger partial charge is 0.242 e. The SMILES string of the molecule is CNC(=O)C(Cl)c1ccccc1C(=O)c1ccccc1. The number of hydrogen-bond acceptors (Lipinski definition) is 2. The standard InChI is InChI=1S/C16H14ClNO2/c1-18-16(20)14(17)12-9-5-6-10-13(12)15(19)11-7-3-2-4-8-11/h2-10,14H,1H3,(H,18,20). The monoisotopic (exact) mass is 287 g/mol. The second-order valence-electron chi connectivity index (χ2n) is 4.26. The van der Waals surface area contributed by atoms with Crippen molar-refractivity contribution in [2.45, 2.75) is 5.38 Å². The lowest BCUT2D eigenvalue weighted by molar-refractivity contribution is -0.120. The third kappa shape index (κ3) is 2.89. The fourth-order valence-corrected chi connectivity index (χ4v) is 2.24. The zero-order chi connectivity index (χ0) is 14.5. The van der Waals surface area contributed by atoms with Crippen LogP contribution in [0.15, 0.2) is 54.6 Å². The molecule has 0 spiro atoms. The Bertz CT molecular complexity index is 625. The Morgan fingerprint density at radius 2 is 1.60 bits per heavy atom. The van der Waals surface area contributed by atoms with Gasteiger partial charge in [0.2, 0.25) is 5.91 Å². The average Bonchev–Trinajstić information content (AvgIpc) is 2.53. The first kappa shape index (κ1) is 14.3. The number of hydrogen-bond donors (Lipinski definition) is 1. The van der Waals surface area contributed by atoms with Crippen LogP contribution in [-0.2, 0) is 4.79 Å². The van der Waals surface area contributed by atoms with Crippen LogP contribution in [0.4, 0.5) is 0 Å². The van der Waals surface area contributed by atoms with Gasteiger partial charge in [0, 0.05) is 18.2 Å². The van der Waals surface area contributed by atoms with E-state index in [2.05, 4.69) is 5.32 Å². The molecular formula is C16H14ClNO2. The van der Waals surface area contributed by atoms with Crippen LogP contribution in [0.3, 0.4) is 0 Å². The van der Waals surface area contributed by atoms with Crippen molar-refractivity contribution in [2.75, 3.05) is 7.05 Å². The summed E-state index contributed by atoms with van der Waals surface area (Å²) in [6.07, 6.45) is 0. The normalized spacial score (nSPS) is 11.7. The molecule has 0 aliphatic rings. The zero-order valence-corrected chi connectivity index (χ0v) is 11.7. The van der Waals surface area contributed by atoms with Crippen LogP contribution >= 0.6 is 11.6 Å². The Morgan fingerprint density at radius 3 is 2.25 bits per heavy atom. The van der Waals surface area contributed by atoms with E-state index in [9.17, 15) is 9.59 Å². The highest BCUT2D eigenvalue weighted by molar-refractivity contribution is 6.31. The molecule has 1 unspecified atom stereocenters. The van der Waals surface area contributed by atoms with Crippen molar-refractivity contribution in [1.82, 2.24) is 5.32 Å². The van der Waals surface area contributed by atoms with E-state index in [0.29, 0.717) is 16.7 Å². The molecule has 0 saturated carbocycles. The molecule has 3 nitrogen and oxygen atoms in total. The predicted molar refractivity (Wildman–Crippen MR) is 79.0 cm³/mol. The maximum atomic E-state index is 12.5. The number of benzene rings is 2. The molecule has 2 rings (SSSR count). The first-order valence-electron chi connectivity index (χ1n) is 6.19. The van der Waals surface area contributed by atoms with Crippen LogP contribution in [-0.4, -0.2) is 18.7 Å². The maximum absolute atomic E-state index is 12.5. The van der Waals surface area contributed by atoms with Crippen LogP contribution in [0.1, 0.15) is 26.9 Å². The van der Waals surface area contributed by atoms with Gasteiger partial charge in [-0.05, 0) is 5.56 Å². The summed E-state index contributed by atoms with van der Waals surface area (Å²) in [4.78, 5) is 24.2. The molecular weight excluding hydrogens is 274 g/mol. The minimum atomic E-state index is -0.885. The lowest BCUT2D eigenvalue weighted by Gasteiger charge is -2.13. The molecule has 1 amide bonds. The number of amides is 1. The second kappa shape index (κ2) is 6.35. The summed E-state index contributed by atoms with van der Waals surface area (Å²) in [5.74, 6) is -0.476. The number of carbonyl (C=O) groups is 2. The lowest BCUT2D eigenvalue weighted by Crippen LogP contribution is -2.23. The van der Waals surface area contributed by atoms with Crippen molar-refractivity contribution in [1.29, 1.82) is 0 Å². The molecule has 0 radical (unpaired) electrons. The van der Waals surface area contributed by atoms with Crippen LogP contribution in [0.25, 0.3) is 0 Å². The highest BCUT2D eigenvalue weighted by atomic mass is 35.5. The van der Waals surface area contributed by atoms with E-state index in [-0.39, 0.29) is 11.7 Å². The fourth-order valence-electron chi connectivity index (χ4n) is 1.94. The highest BCUT2D eigenvalue weighted by Gasteiger charge is 2.22. The summed E-state index contributed by atoms with van der Waals surface area (Å²) in [5, 5.41) is 1.60. The van der Waals surface area contributed by atoms with Gasteiger partial charge in [-0.3, -0.25) is 9.59 Å². The van der Waals surface area contributed by atoms with Gasteiger partial charge in [0.05, 0.1) is 0 Å². The number of halogens is 1. The van der Waals surface area contributed by atoms with E-state index in [1.165, 1.54) is 7.05 Å². The van der Waals surface area contributed by atoms with Crippen LogP contribution in [0.2, 0.25) is 0 Å². The molecule has 2 aromatic carbocycles. The molecule has 0 saturated heterocycles. The zero-order valence-electron chi connectivity index (χ0n) is 11.0. The Labute approximate surface area is 122 Å². The van der Waals surface area contributed by atoms with Crippen molar-refractivity contribution in [3.8, 4) is 0 Å². The van der Waals surface area contributed by atoms with Gasteiger partial charge in [0.1, 0.15) is 5.38 Å². The molecule has 0 bridgehead atoms. The van der Waals surface area contributed by atoms with E-state index in [4.69, 9.17) is 11.6 Å². The summed E-state index contributed by atoms with van der Waals surface area (Å²) in [7, 11) is 1.51. The number of ketones is 1. The summed E-state index contributed by atoms with van der Waals surface area (Å²) in [5.41, 5.74) is 1.53. The Balaban J connectivity index is 2.43. The van der Waals surface area contributed by atoms with Gasteiger partial charge in [-0.15, -0.1) is 11.6 Å². The molecule has 2 aromatic rings. The Morgan fingerprint density at radius 1 is 1.00 bits per heavy atom. The third-order valence-corrected chi connectivity index (χ3v) is 3.42. The number of nitrogens with one attached hydrogen (secondary N) is 1. The van der Waals surface area contributed by atoms with Crippen molar-refractivity contribution < 1.29 is 9.59 Å².